The van der Waals surface area contributed by atoms with Crippen LogP contribution in [-0.4, -0.2) is 38.4 Å². The van der Waals surface area contributed by atoms with Crippen molar-refractivity contribution in [1.29, 1.82) is 0 Å². The van der Waals surface area contributed by atoms with Crippen LogP contribution in [-0.2, 0) is 9.47 Å². The molecule has 1 fully saturated rings. The number of carbonyl (C=O) groups is 1. The number of anilines is 1. The molecule has 4 rings (SSSR count). The van der Waals surface area contributed by atoms with Gasteiger partial charge in [0.05, 0.1) is 0 Å². The van der Waals surface area contributed by atoms with Crippen molar-refractivity contribution in [3.05, 3.63) is 85.5 Å². The molecule has 3 aromatic carbocycles. The van der Waals surface area contributed by atoms with E-state index in [1.807, 2.05) is 54.6 Å². The van der Waals surface area contributed by atoms with E-state index >= 15 is 0 Å². The van der Waals surface area contributed by atoms with E-state index in [4.69, 9.17) is 9.47 Å². The zero-order chi connectivity index (χ0) is 22.6. The first-order valence-electron chi connectivity index (χ1n) is 10.9. The molecule has 0 spiro atoms. The summed E-state index contributed by atoms with van der Waals surface area (Å²) in [6.07, 6.45) is 2.57. The van der Waals surface area contributed by atoms with Crippen molar-refractivity contribution in [2.24, 2.45) is 0 Å². The molecule has 1 N–H and O–H groups in total. The van der Waals surface area contributed by atoms with E-state index in [0.29, 0.717) is 0 Å². The first-order valence-corrected chi connectivity index (χ1v) is 12.9. The summed E-state index contributed by atoms with van der Waals surface area (Å²) in [6, 6.07) is 24.3. The van der Waals surface area contributed by atoms with Crippen LogP contribution in [0.2, 0.25) is 5.32 Å². The molecule has 1 amide bonds. The van der Waals surface area contributed by atoms with Gasteiger partial charge in [-0.2, -0.15) is 0 Å². The van der Waals surface area contributed by atoms with Gasteiger partial charge in [-0.05, 0) is 0 Å². The second-order valence-corrected chi connectivity index (χ2v) is 10.8. The Morgan fingerprint density at radius 2 is 1.84 bits per heavy atom. The van der Waals surface area contributed by atoms with Gasteiger partial charge in [-0.1, -0.05) is 0 Å². The van der Waals surface area contributed by atoms with E-state index in [1.54, 1.807) is 0 Å². The fourth-order valence-electron chi connectivity index (χ4n) is 4.17. The van der Waals surface area contributed by atoms with Gasteiger partial charge < -0.3 is 0 Å². The quantitative estimate of drug-likeness (QED) is 0.352. The van der Waals surface area contributed by atoms with Gasteiger partial charge in [0.2, 0.25) is 0 Å². The van der Waals surface area contributed by atoms with Crippen LogP contribution in [0.3, 0.4) is 0 Å². The van der Waals surface area contributed by atoms with E-state index in [9.17, 15) is 4.79 Å². The molecule has 166 valence electrons. The molecule has 32 heavy (non-hydrogen) atoms. The van der Waals surface area contributed by atoms with Crippen LogP contribution < -0.4 is 9.78 Å². The molecule has 3 aromatic rings. The first kappa shape index (κ1) is 22.6. The Morgan fingerprint density at radius 3 is 2.62 bits per heavy atom. The van der Waals surface area contributed by atoms with Crippen LogP contribution in [0.4, 0.5) is 10.5 Å². The van der Waals surface area contributed by atoms with Crippen molar-refractivity contribution >= 4 is 42.0 Å². The Labute approximate surface area is 196 Å². The number of carbonyl (C=O) groups excluding carboxylic acids is 1. The average molecular weight is 494 g/mol. The molecule has 1 heterocycles. The normalized spacial score (nSPS) is 25.2. The molecular formula is C27H29NO3Se. The Kier molecular flexibility index (Phi) is 6.71. The molecule has 1 aliphatic heterocycles. The van der Waals surface area contributed by atoms with Crippen molar-refractivity contribution in [3.8, 4) is 0 Å². The molecule has 0 bridgehead atoms. The van der Waals surface area contributed by atoms with E-state index < -0.39 is 17.3 Å². The number of benzene rings is 3. The zero-order valence-corrected chi connectivity index (χ0v) is 20.3. The molecular weight excluding hydrogens is 465 g/mol. The number of fused-ring (bicyclic) bond motifs is 1. The number of rotatable bonds is 6. The summed E-state index contributed by atoms with van der Waals surface area (Å²) < 4.78 is 13.8. The van der Waals surface area contributed by atoms with Crippen LogP contribution in [0, 0.1) is 0 Å². The number of amides is 1. The minimum absolute atomic E-state index is 0.198. The van der Waals surface area contributed by atoms with Gasteiger partial charge in [0.1, 0.15) is 0 Å². The molecule has 3 atom stereocenters. The second-order valence-electron chi connectivity index (χ2n) is 8.62. The third-order valence-corrected chi connectivity index (χ3v) is 8.80. The summed E-state index contributed by atoms with van der Waals surface area (Å²) in [5.41, 5.74) is -0.267. The van der Waals surface area contributed by atoms with Gasteiger partial charge in [0.25, 0.3) is 0 Å². The third-order valence-electron chi connectivity index (χ3n) is 6.03. The molecule has 0 aromatic heterocycles. The van der Waals surface area contributed by atoms with E-state index in [-0.39, 0.29) is 21.1 Å². The Morgan fingerprint density at radius 1 is 1.12 bits per heavy atom. The van der Waals surface area contributed by atoms with Crippen molar-refractivity contribution in [3.63, 3.8) is 0 Å². The third kappa shape index (κ3) is 5.07. The summed E-state index contributed by atoms with van der Waals surface area (Å²) in [6.45, 7) is 8.09. The van der Waals surface area contributed by atoms with Gasteiger partial charge in [-0.3, -0.25) is 0 Å². The second kappa shape index (κ2) is 9.50. The van der Waals surface area contributed by atoms with Crippen LogP contribution in [0.5, 0.6) is 0 Å². The zero-order valence-electron chi connectivity index (χ0n) is 18.5. The van der Waals surface area contributed by atoms with Gasteiger partial charge >= 0.3 is 196 Å². The summed E-state index contributed by atoms with van der Waals surface area (Å²) in [5.74, 6) is 0. The number of ether oxygens (including phenoxy) is 2. The van der Waals surface area contributed by atoms with Crippen LogP contribution in [0.15, 0.2) is 85.5 Å². The monoisotopic (exact) mass is 495 g/mol. The molecule has 0 radical (unpaired) electrons. The van der Waals surface area contributed by atoms with E-state index in [2.05, 4.69) is 50.0 Å². The van der Waals surface area contributed by atoms with E-state index in [1.165, 1.54) is 4.46 Å². The number of hydrogen-bond donors (Lipinski definition) is 1. The fraction of sp³-hybridized carbons (Fsp3) is 0.296. The Balaban J connectivity index is 1.50. The van der Waals surface area contributed by atoms with Gasteiger partial charge in [0.15, 0.2) is 0 Å². The van der Waals surface area contributed by atoms with Crippen LogP contribution in [0.25, 0.3) is 10.8 Å². The molecule has 1 unspecified atom stereocenters. The SMILES string of the molecule is C=C[C@@]1(C)CC[C@H](OC(=O)Nc2cccc3ccccc23)C(C)(C[Se]c2ccccc2)O1. The Hall–Kier alpha value is -2.59. The van der Waals surface area contributed by atoms with Crippen molar-refractivity contribution in [1.82, 2.24) is 0 Å². The average Bonchev–Trinajstić information content (AvgIpc) is 2.81. The van der Waals surface area contributed by atoms with Gasteiger partial charge in [0, 0.05) is 0 Å². The molecule has 0 saturated carbocycles. The maximum absolute atomic E-state index is 12.9. The summed E-state index contributed by atoms with van der Waals surface area (Å²) in [5, 5.41) is 5.81. The summed E-state index contributed by atoms with van der Waals surface area (Å²) >= 11 is 0.198. The van der Waals surface area contributed by atoms with E-state index in [0.717, 1.165) is 34.6 Å². The molecule has 0 aliphatic carbocycles. The van der Waals surface area contributed by atoms with Gasteiger partial charge in [-0.25, -0.2) is 0 Å². The number of nitrogens with one attached hydrogen (secondary N) is 1. The van der Waals surface area contributed by atoms with Crippen LogP contribution >= 0.6 is 0 Å². The summed E-state index contributed by atoms with van der Waals surface area (Å²) in [4.78, 5) is 12.9. The molecule has 1 aliphatic rings. The first-order chi connectivity index (χ1) is 15.4. The predicted octanol–water partition coefficient (Wildman–Crippen LogP) is 5.72. The van der Waals surface area contributed by atoms with Gasteiger partial charge in [-0.15, -0.1) is 0 Å². The summed E-state index contributed by atoms with van der Waals surface area (Å²) in [7, 11) is 0. The van der Waals surface area contributed by atoms with Crippen molar-refractivity contribution < 1.29 is 14.3 Å². The Bertz CT molecular complexity index is 1100. The predicted molar refractivity (Wildman–Crippen MR) is 132 cm³/mol. The van der Waals surface area contributed by atoms with Crippen molar-refractivity contribution in [2.45, 2.75) is 49.3 Å². The maximum atomic E-state index is 12.9. The molecule has 4 nitrogen and oxygen atoms in total. The minimum atomic E-state index is -0.590. The fourth-order valence-corrected chi connectivity index (χ4v) is 6.37. The van der Waals surface area contributed by atoms with Crippen LogP contribution in [0.1, 0.15) is 26.7 Å². The molecule has 5 heteroatoms. The topological polar surface area (TPSA) is 47.6 Å². The number of hydrogen-bond acceptors (Lipinski definition) is 3. The molecule has 1 saturated heterocycles. The van der Waals surface area contributed by atoms with Crippen molar-refractivity contribution in [2.75, 3.05) is 5.32 Å². The standard InChI is InChI=1S/C27H29NO3Se/c1-4-26(2)18-17-24(27(3,31-26)19-32-21-13-6-5-7-14-21)30-25(29)28-23-16-10-12-20-11-8-9-15-22(20)23/h4-16,24H,1,17-19H2,2-3H3,(H,28,29)/t24-,26-,27?/m0/s1.